The summed E-state index contributed by atoms with van der Waals surface area (Å²) in [6.07, 6.45) is 11.0. The van der Waals surface area contributed by atoms with Gasteiger partial charge in [0, 0.05) is 24.6 Å². The van der Waals surface area contributed by atoms with Crippen LogP contribution < -0.4 is 10.6 Å². The molecule has 0 aromatic heterocycles. The molecule has 43 heavy (non-hydrogen) atoms. The van der Waals surface area contributed by atoms with Gasteiger partial charge in [0.25, 0.3) is 0 Å². The maximum atomic E-state index is 14.5. The highest BCUT2D eigenvalue weighted by Gasteiger charge is 2.36. The molecule has 0 aliphatic carbocycles. The minimum absolute atomic E-state index is 0.0947. The molecule has 0 saturated carbocycles. The van der Waals surface area contributed by atoms with Gasteiger partial charge in [0.1, 0.15) is 23.4 Å². The van der Waals surface area contributed by atoms with Crippen LogP contribution in [-0.2, 0) is 20.7 Å². The number of carbonyl (C=O) groups is 3. The summed E-state index contributed by atoms with van der Waals surface area (Å²) in [5.74, 6) is 1.97. The molecule has 0 aliphatic heterocycles. The molecule has 2 atom stereocenters. The average Bonchev–Trinajstić information content (AvgIpc) is 2.93. The molecule has 0 spiro atoms. The predicted molar refractivity (Wildman–Crippen MR) is 170 cm³/mol. The Morgan fingerprint density at radius 3 is 2.09 bits per heavy atom. The van der Waals surface area contributed by atoms with Crippen LogP contribution in [0.3, 0.4) is 0 Å². The minimum Gasteiger partial charge on any atom is -0.508 e. The molecular formula is C35H49N3O5. The van der Waals surface area contributed by atoms with Gasteiger partial charge in [0.15, 0.2) is 0 Å². The number of hydrogen-bond donors (Lipinski definition) is 3. The van der Waals surface area contributed by atoms with Crippen LogP contribution in [0.5, 0.6) is 5.75 Å². The van der Waals surface area contributed by atoms with Crippen LogP contribution in [-0.4, -0.2) is 52.1 Å². The average molecular weight is 592 g/mol. The van der Waals surface area contributed by atoms with E-state index in [2.05, 4.69) is 23.5 Å². The van der Waals surface area contributed by atoms with Crippen molar-refractivity contribution < 1.29 is 24.2 Å². The Bertz CT molecular complexity index is 1210. The zero-order valence-electron chi connectivity index (χ0n) is 26.6. The van der Waals surface area contributed by atoms with Gasteiger partial charge in [-0.3, -0.25) is 9.59 Å². The lowest BCUT2D eigenvalue weighted by molar-refractivity contribution is -0.142. The van der Waals surface area contributed by atoms with E-state index in [9.17, 15) is 19.5 Å². The maximum absolute atomic E-state index is 14.5. The first-order chi connectivity index (χ1) is 20.3. The number of benzene rings is 2. The van der Waals surface area contributed by atoms with Gasteiger partial charge in [-0.25, -0.2) is 4.79 Å². The number of amides is 3. The van der Waals surface area contributed by atoms with Gasteiger partial charge in [0.05, 0.1) is 0 Å². The SMILES string of the molecule is C#Cc1ccc(C(C(=O)NC(C)C)N(CCCCCCCC)C(=O)C(Cc2ccc(O)cc2)NC(=O)OC(C)(C)C)cc1. The summed E-state index contributed by atoms with van der Waals surface area (Å²) in [7, 11) is 0. The lowest BCUT2D eigenvalue weighted by Gasteiger charge is -2.35. The molecule has 234 valence electrons. The molecule has 0 saturated heterocycles. The standard InChI is InChI=1S/C35H49N3O5/c1-8-10-11-12-13-14-23-38(31(32(40)36-25(3)4)28-19-15-26(9-2)16-20-28)33(41)30(37-34(42)43-35(5,6)7)24-27-17-21-29(39)22-18-27/h2,15-22,25,30-31,39H,8,10-14,23-24H2,1,3-7H3,(H,36,40)(H,37,42). The second-order valence-corrected chi connectivity index (χ2v) is 12.2. The number of terminal acetylenes is 1. The van der Waals surface area contributed by atoms with E-state index in [1.54, 1.807) is 62.1 Å². The molecule has 0 aliphatic rings. The third kappa shape index (κ3) is 12.4. The van der Waals surface area contributed by atoms with Crippen molar-refractivity contribution in [3.63, 3.8) is 0 Å². The Labute approximate surface area is 257 Å². The number of carbonyl (C=O) groups excluding carboxylic acids is 3. The highest BCUT2D eigenvalue weighted by molar-refractivity contribution is 5.92. The normalized spacial score (nSPS) is 12.6. The summed E-state index contributed by atoms with van der Waals surface area (Å²) < 4.78 is 5.50. The van der Waals surface area contributed by atoms with Gasteiger partial charge in [-0.1, -0.05) is 69.2 Å². The molecule has 3 amide bonds. The zero-order valence-corrected chi connectivity index (χ0v) is 26.6. The first-order valence-corrected chi connectivity index (χ1v) is 15.3. The van der Waals surface area contributed by atoms with Crippen LogP contribution in [0.2, 0.25) is 0 Å². The number of unbranched alkanes of at least 4 members (excludes halogenated alkanes) is 5. The predicted octanol–water partition coefficient (Wildman–Crippen LogP) is 6.26. The molecule has 2 aromatic carbocycles. The summed E-state index contributed by atoms with van der Waals surface area (Å²) in [5, 5.41) is 15.5. The van der Waals surface area contributed by atoms with E-state index in [0.717, 1.165) is 37.7 Å². The topological polar surface area (TPSA) is 108 Å². The molecule has 2 aromatic rings. The lowest BCUT2D eigenvalue weighted by Crippen LogP contribution is -2.54. The molecule has 0 bridgehead atoms. The molecule has 2 rings (SSSR count). The fourth-order valence-corrected chi connectivity index (χ4v) is 4.74. The Morgan fingerprint density at radius 2 is 1.53 bits per heavy atom. The number of hydrogen-bond acceptors (Lipinski definition) is 5. The molecule has 0 radical (unpaired) electrons. The van der Waals surface area contributed by atoms with Crippen molar-refractivity contribution in [2.75, 3.05) is 6.54 Å². The van der Waals surface area contributed by atoms with Crippen LogP contribution in [0.1, 0.15) is 103 Å². The Hall–Kier alpha value is -3.99. The Morgan fingerprint density at radius 1 is 0.930 bits per heavy atom. The van der Waals surface area contributed by atoms with E-state index in [4.69, 9.17) is 11.2 Å². The maximum Gasteiger partial charge on any atom is 0.408 e. The van der Waals surface area contributed by atoms with Gasteiger partial charge in [-0.2, -0.15) is 0 Å². The molecule has 8 heteroatoms. The highest BCUT2D eigenvalue weighted by Crippen LogP contribution is 2.25. The van der Waals surface area contributed by atoms with Crippen molar-refractivity contribution in [3.8, 4) is 18.1 Å². The van der Waals surface area contributed by atoms with Crippen LogP contribution in [0.4, 0.5) is 4.79 Å². The summed E-state index contributed by atoms with van der Waals surface area (Å²) in [4.78, 5) is 42.8. The lowest BCUT2D eigenvalue weighted by atomic mass is 9.98. The van der Waals surface area contributed by atoms with Crippen molar-refractivity contribution in [3.05, 3.63) is 65.2 Å². The fraction of sp³-hybridized carbons (Fsp3) is 0.514. The second-order valence-electron chi connectivity index (χ2n) is 12.2. The van der Waals surface area contributed by atoms with Crippen molar-refractivity contribution >= 4 is 17.9 Å². The van der Waals surface area contributed by atoms with Crippen LogP contribution >= 0.6 is 0 Å². The van der Waals surface area contributed by atoms with Crippen LogP contribution in [0.15, 0.2) is 48.5 Å². The molecule has 2 unspecified atom stereocenters. The fourth-order valence-electron chi connectivity index (χ4n) is 4.74. The third-order valence-corrected chi connectivity index (χ3v) is 6.78. The van der Waals surface area contributed by atoms with E-state index in [1.165, 1.54) is 12.1 Å². The van der Waals surface area contributed by atoms with Gasteiger partial charge in [-0.05, 0) is 76.4 Å². The van der Waals surface area contributed by atoms with Crippen LogP contribution in [0.25, 0.3) is 0 Å². The number of aromatic hydroxyl groups is 1. The first-order valence-electron chi connectivity index (χ1n) is 15.3. The largest absolute Gasteiger partial charge is 0.508 e. The molecule has 3 N–H and O–H groups in total. The number of ether oxygens (including phenoxy) is 1. The zero-order chi connectivity index (χ0) is 32.0. The second kappa shape index (κ2) is 17.2. The van der Waals surface area contributed by atoms with Crippen molar-refractivity contribution in [2.24, 2.45) is 0 Å². The van der Waals surface area contributed by atoms with Crippen molar-refractivity contribution in [1.29, 1.82) is 0 Å². The third-order valence-electron chi connectivity index (χ3n) is 6.78. The number of rotatable bonds is 15. The molecule has 0 fully saturated rings. The van der Waals surface area contributed by atoms with E-state index in [1.807, 2.05) is 13.8 Å². The van der Waals surface area contributed by atoms with E-state index >= 15 is 0 Å². The van der Waals surface area contributed by atoms with E-state index < -0.39 is 29.7 Å². The quantitative estimate of drug-likeness (QED) is 0.167. The number of phenolic OH excluding ortho intramolecular Hbond substituents is 1. The number of phenols is 1. The molecule has 8 nitrogen and oxygen atoms in total. The van der Waals surface area contributed by atoms with Gasteiger partial charge >= 0.3 is 6.09 Å². The summed E-state index contributed by atoms with van der Waals surface area (Å²) in [6.45, 7) is 11.5. The summed E-state index contributed by atoms with van der Waals surface area (Å²) in [6, 6.07) is 11.4. The number of alkyl carbamates (subject to hydrolysis) is 1. The Kier molecular flexibility index (Phi) is 14.1. The van der Waals surface area contributed by atoms with Crippen molar-refractivity contribution in [1.82, 2.24) is 15.5 Å². The van der Waals surface area contributed by atoms with Crippen molar-refractivity contribution in [2.45, 2.75) is 110 Å². The monoisotopic (exact) mass is 591 g/mol. The number of nitrogens with zero attached hydrogens (tertiary/aromatic N) is 1. The summed E-state index contributed by atoms with van der Waals surface area (Å²) >= 11 is 0. The molecular weight excluding hydrogens is 542 g/mol. The van der Waals surface area contributed by atoms with Gasteiger partial charge in [0.2, 0.25) is 11.8 Å². The van der Waals surface area contributed by atoms with Crippen LogP contribution in [0, 0.1) is 12.3 Å². The summed E-state index contributed by atoms with van der Waals surface area (Å²) in [5.41, 5.74) is 1.25. The Balaban J connectivity index is 2.54. The van der Waals surface area contributed by atoms with Gasteiger partial charge < -0.3 is 25.4 Å². The van der Waals surface area contributed by atoms with E-state index in [-0.39, 0.29) is 24.1 Å². The van der Waals surface area contributed by atoms with E-state index in [0.29, 0.717) is 24.1 Å². The van der Waals surface area contributed by atoms with Gasteiger partial charge in [-0.15, -0.1) is 6.42 Å². The highest BCUT2D eigenvalue weighted by atomic mass is 16.6. The number of nitrogens with one attached hydrogen (secondary N) is 2. The first kappa shape index (κ1) is 35.2. The minimum atomic E-state index is -1.03. The molecule has 0 heterocycles. The smallest absolute Gasteiger partial charge is 0.408 e.